The molecule has 3 heteroatoms. The van der Waals surface area contributed by atoms with Crippen molar-refractivity contribution in [1.82, 2.24) is 0 Å². The standard InChI is InChI=1S/C28H24NOP/c1-22-10-8-9-15-27(22)29-20-28(31(30,21-29)26-13-6-3-7-14-26)25-18-16-24(17-19-25)23-11-4-2-5-12-23/h2-20H,21H2,1H3. The van der Waals surface area contributed by atoms with Crippen LogP contribution < -0.4 is 10.2 Å². The van der Waals surface area contributed by atoms with Crippen molar-refractivity contribution in [3.63, 3.8) is 0 Å². The first-order valence-electron chi connectivity index (χ1n) is 10.5. The average molecular weight is 421 g/mol. The Labute approximate surface area is 183 Å². The van der Waals surface area contributed by atoms with Crippen LogP contribution in [0.2, 0.25) is 0 Å². The van der Waals surface area contributed by atoms with E-state index in [1.807, 2.05) is 60.7 Å². The smallest absolute Gasteiger partial charge is 0.163 e. The Balaban J connectivity index is 1.60. The molecule has 0 aromatic heterocycles. The molecule has 1 atom stereocenters. The van der Waals surface area contributed by atoms with Crippen LogP contribution >= 0.6 is 7.14 Å². The first-order valence-corrected chi connectivity index (χ1v) is 12.4. The highest BCUT2D eigenvalue weighted by Gasteiger charge is 2.38. The summed E-state index contributed by atoms with van der Waals surface area (Å²) in [5.74, 6) is 0. The Bertz CT molecular complexity index is 1280. The summed E-state index contributed by atoms with van der Waals surface area (Å²) in [7, 11) is -2.80. The summed E-state index contributed by atoms with van der Waals surface area (Å²) < 4.78 is 14.5. The molecular formula is C28H24NOP. The van der Waals surface area contributed by atoms with E-state index in [2.05, 4.69) is 66.6 Å². The molecule has 152 valence electrons. The summed E-state index contributed by atoms with van der Waals surface area (Å²) in [5, 5.41) is 1.83. The molecule has 4 aromatic rings. The molecule has 1 aliphatic rings. The van der Waals surface area contributed by atoms with Crippen molar-refractivity contribution in [2.45, 2.75) is 6.92 Å². The zero-order chi connectivity index (χ0) is 21.3. The molecule has 0 saturated heterocycles. The van der Waals surface area contributed by atoms with E-state index in [1.54, 1.807) is 0 Å². The van der Waals surface area contributed by atoms with Gasteiger partial charge in [-0.25, -0.2) is 0 Å². The number of benzene rings is 4. The van der Waals surface area contributed by atoms with Crippen LogP contribution in [0.5, 0.6) is 0 Å². The minimum absolute atomic E-state index is 0.484. The maximum absolute atomic E-state index is 14.5. The summed E-state index contributed by atoms with van der Waals surface area (Å²) >= 11 is 0. The number of anilines is 1. The zero-order valence-corrected chi connectivity index (χ0v) is 18.4. The molecule has 1 unspecified atom stereocenters. The fourth-order valence-corrected chi connectivity index (χ4v) is 7.04. The minimum Gasteiger partial charge on any atom is -0.339 e. The van der Waals surface area contributed by atoms with Crippen molar-refractivity contribution in [1.29, 1.82) is 0 Å². The van der Waals surface area contributed by atoms with E-state index in [1.165, 1.54) is 11.1 Å². The van der Waals surface area contributed by atoms with E-state index in [-0.39, 0.29) is 0 Å². The first-order chi connectivity index (χ1) is 15.1. The minimum atomic E-state index is -2.80. The number of aryl methyl sites for hydroxylation is 1. The summed E-state index contributed by atoms with van der Waals surface area (Å²) in [4.78, 5) is 2.16. The van der Waals surface area contributed by atoms with Gasteiger partial charge in [-0.15, -0.1) is 0 Å². The predicted molar refractivity (Wildman–Crippen MR) is 132 cm³/mol. The zero-order valence-electron chi connectivity index (χ0n) is 17.5. The molecule has 0 bridgehead atoms. The molecule has 0 amide bonds. The maximum atomic E-state index is 14.5. The van der Waals surface area contributed by atoms with E-state index >= 15 is 0 Å². The van der Waals surface area contributed by atoms with Gasteiger partial charge in [0.2, 0.25) is 0 Å². The molecule has 31 heavy (non-hydrogen) atoms. The van der Waals surface area contributed by atoms with Crippen LogP contribution in [-0.4, -0.2) is 6.29 Å². The number of nitrogens with zero attached hydrogens (tertiary/aromatic N) is 1. The predicted octanol–water partition coefficient (Wildman–Crippen LogP) is 7.13. The fraction of sp³-hybridized carbons (Fsp3) is 0.0714. The largest absolute Gasteiger partial charge is 0.339 e. The third-order valence-corrected chi connectivity index (χ3v) is 8.89. The van der Waals surface area contributed by atoms with E-state index in [0.29, 0.717) is 6.29 Å². The van der Waals surface area contributed by atoms with Gasteiger partial charge >= 0.3 is 0 Å². The van der Waals surface area contributed by atoms with Crippen LogP contribution in [-0.2, 0) is 4.57 Å². The second-order valence-electron chi connectivity index (χ2n) is 7.93. The third kappa shape index (κ3) is 3.65. The van der Waals surface area contributed by atoms with E-state index < -0.39 is 7.14 Å². The van der Waals surface area contributed by atoms with Crippen LogP contribution in [0, 0.1) is 6.92 Å². The molecule has 1 heterocycles. The summed E-state index contributed by atoms with van der Waals surface area (Å²) in [6.45, 7) is 2.10. The van der Waals surface area contributed by atoms with Crippen molar-refractivity contribution in [3.05, 3.63) is 127 Å². The summed E-state index contributed by atoms with van der Waals surface area (Å²) in [6, 6.07) is 37.0. The van der Waals surface area contributed by atoms with E-state index in [0.717, 1.165) is 27.4 Å². The van der Waals surface area contributed by atoms with Crippen molar-refractivity contribution in [3.8, 4) is 11.1 Å². The van der Waals surface area contributed by atoms with Gasteiger partial charge in [0.05, 0.1) is 6.29 Å². The van der Waals surface area contributed by atoms with Gasteiger partial charge in [0.25, 0.3) is 0 Å². The summed E-state index contributed by atoms with van der Waals surface area (Å²) in [6.07, 6.45) is 2.57. The van der Waals surface area contributed by atoms with Crippen LogP contribution in [0.15, 0.2) is 115 Å². The fourth-order valence-electron chi connectivity index (χ4n) is 4.24. The highest BCUT2D eigenvalue weighted by Crippen LogP contribution is 2.62. The first kappa shape index (κ1) is 19.6. The number of hydrogen-bond acceptors (Lipinski definition) is 2. The highest BCUT2D eigenvalue weighted by atomic mass is 31.2. The van der Waals surface area contributed by atoms with Crippen molar-refractivity contribution >= 4 is 23.4 Å². The number of hydrogen-bond donors (Lipinski definition) is 0. The molecule has 2 nitrogen and oxygen atoms in total. The SMILES string of the molecule is Cc1ccccc1N1C=C(c2ccc(-c3ccccc3)cc2)P(=O)(c2ccccc2)C1. The Kier molecular flexibility index (Phi) is 5.10. The second kappa shape index (κ2) is 8.06. The Morgan fingerprint density at radius 2 is 1.19 bits per heavy atom. The molecule has 0 aliphatic carbocycles. The third-order valence-electron chi connectivity index (χ3n) is 5.90. The van der Waals surface area contributed by atoms with Gasteiger partial charge in [-0.3, -0.25) is 0 Å². The Morgan fingerprint density at radius 1 is 0.645 bits per heavy atom. The maximum Gasteiger partial charge on any atom is 0.163 e. The van der Waals surface area contributed by atoms with E-state index in [9.17, 15) is 4.57 Å². The molecule has 0 fully saturated rings. The van der Waals surface area contributed by atoms with Gasteiger partial charge < -0.3 is 9.46 Å². The highest BCUT2D eigenvalue weighted by molar-refractivity contribution is 7.81. The molecule has 0 saturated carbocycles. The number of para-hydroxylation sites is 1. The van der Waals surface area contributed by atoms with Crippen LogP contribution in [0.25, 0.3) is 16.4 Å². The van der Waals surface area contributed by atoms with Gasteiger partial charge in [0.15, 0.2) is 7.14 Å². The van der Waals surface area contributed by atoms with Gasteiger partial charge in [-0.05, 0) is 35.2 Å². The molecule has 0 spiro atoms. The topological polar surface area (TPSA) is 20.3 Å². The molecule has 0 N–H and O–H groups in total. The van der Waals surface area contributed by atoms with Crippen LogP contribution in [0.3, 0.4) is 0 Å². The van der Waals surface area contributed by atoms with Gasteiger partial charge in [0.1, 0.15) is 0 Å². The van der Waals surface area contributed by atoms with Gasteiger partial charge in [-0.1, -0.05) is 103 Å². The summed E-state index contributed by atoms with van der Waals surface area (Å²) in [5.41, 5.74) is 5.65. The van der Waals surface area contributed by atoms with Crippen molar-refractivity contribution in [2.24, 2.45) is 0 Å². The van der Waals surface area contributed by atoms with Gasteiger partial charge in [0, 0.05) is 22.5 Å². The van der Waals surface area contributed by atoms with Crippen LogP contribution in [0.4, 0.5) is 5.69 Å². The van der Waals surface area contributed by atoms with Crippen LogP contribution in [0.1, 0.15) is 11.1 Å². The van der Waals surface area contributed by atoms with Crippen molar-refractivity contribution in [2.75, 3.05) is 11.2 Å². The molecule has 5 rings (SSSR count). The molecule has 0 radical (unpaired) electrons. The molecule has 4 aromatic carbocycles. The molecular weight excluding hydrogens is 397 g/mol. The monoisotopic (exact) mass is 421 g/mol. The van der Waals surface area contributed by atoms with Gasteiger partial charge in [-0.2, -0.15) is 0 Å². The second-order valence-corrected chi connectivity index (χ2v) is 10.7. The normalized spacial score (nSPS) is 18.1. The quantitative estimate of drug-likeness (QED) is 0.327. The lowest BCUT2D eigenvalue weighted by Gasteiger charge is -2.21. The lowest BCUT2D eigenvalue weighted by molar-refractivity contribution is 0.588. The van der Waals surface area contributed by atoms with Crippen molar-refractivity contribution < 1.29 is 4.57 Å². The molecule has 1 aliphatic heterocycles. The van der Waals surface area contributed by atoms with E-state index in [4.69, 9.17) is 0 Å². The Hall–Kier alpha value is -3.35. The Morgan fingerprint density at radius 3 is 1.87 bits per heavy atom. The number of rotatable bonds is 4. The average Bonchev–Trinajstić information content (AvgIpc) is 3.19. The lowest BCUT2D eigenvalue weighted by atomic mass is 10.0. The lowest BCUT2D eigenvalue weighted by Crippen LogP contribution is -2.16.